The van der Waals surface area contributed by atoms with E-state index >= 15 is 0 Å². The van der Waals surface area contributed by atoms with Crippen molar-refractivity contribution in [3.63, 3.8) is 0 Å². The Hall–Kier alpha value is -2.83. The molecular formula is C26H29F3N2O2. The fraction of sp³-hybridized carbons (Fsp3) is 0.462. The number of alkyl halides is 3. The first-order valence-corrected chi connectivity index (χ1v) is 11.1. The first kappa shape index (κ1) is 23.3. The molecule has 2 aromatic carbocycles. The minimum Gasteiger partial charge on any atom is -0.444 e. The SMILES string of the molecule is CC(C)(C)OC(=O)N1CCC2(CC(F)(F)F)N=C(c3ccccc3)c3ccccc3C2(C)C1. The smallest absolute Gasteiger partial charge is 0.410 e. The number of halogens is 3. The van der Waals surface area contributed by atoms with Crippen molar-refractivity contribution in [1.82, 2.24) is 4.90 Å². The van der Waals surface area contributed by atoms with Crippen LogP contribution in [0.3, 0.4) is 0 Å². The molecule has 4 rings (SSSR count). The number of ether oxygens (including phenoxy) is 1. The Kier molecular flexibility index (Phi) is 5.58. The summed E-state index contributed by atoms with van der Waals surface area (Å²) in [5.74, 6) is 0. The van der Waals surface area contributed by atoms with Crippen molar-refractivity contribution >= 4 is 11.8 Å². The molecule has 0 N–H and O–H groups in total. The van der Waals surface area contributed by atoms with Crippen LogP contribution in [0.2, 0.25) is 0 Å². The van der Waals surface area contributed by atoms with Crippen LogP contribution in [-0.2, 0) is 10.2 Å². The second-order valence-electron chi connectivity index (χ2n) is 10.2. The highest BCUT2D eigenvalue weighted by atomic mass is 19.4. The zero-order valence-corrected chi connectivity index (χ0v) is 19.4. The first-order chi connectivity index (χ1) is 15.3. The number of carbonyl (C=O) groups is 1. The van der Waals surface area contributed by atoms with Gasteiger partial charge < -0.3 is 9.64 Å². The molecule has 2 atom stereocenters. The van der Waals surface area contributed by atoms with Gasteiger partial charge in [0.15, 0.2) is 0 Å². The number of piperidine rings is 1. The molecule has 4 nitrogen and oxygen atoms in total. The third-order valence-electron chi connectivity index (χ3n) is 6.62. The van der Waals surface area contributed by atoms with E-state index in [1.807, 2.05) is 54.6 Å². The van der Waals surface area contributed by atoms with E-state index in [1.54, 1.807) is 27.7 Å². The average Bonchev–Trinajstić information content (AvgIpc) is 2.72. The zero-order chi connectivity index (χ0) is 24.1. The number of rotatable bonds is 2. The standard InChI is InChI=1S/C26H29F3N2O2/c1-23(2,3)33-22(32)31-15-14-25(16-26(27,28)29)24(4,17-31)20-13-9-8-12-19(20)21(30-25)18-10-6-5-7-11-18/h5-13H,14-17H2,1-4H3. The Morgan fingerprint density at radius 2 is 1.70 bits per heavy atom. The van der Waals surface area contributed by atoms with Crippen LogP contribution < -0.4 is 0 Å². The molecule has 2 unspecified atom stereocenters. The zero-order valence-electron chi connectivity index (χ0n) is 19.4. The lowest BCUT2D eigenvalue weighted by atomic mass is 9.58. The van der Waals surface area contributed by atoms with Crippen molar-refractivity contribution in [2.45, 2.75) is 63.3 Å². The molecule has 0 radical (unpaired) electrons. The summed E-state index contributed by atoms with van der Waals surface area (Å²) in [5, 5.41) is 0. The van der Waals surface area contributed by atoms with Crippen LogP contribution in [0.1, 0.15) is 57.2 Å². The molecule has 33 heavy (non-hydrogen) atoms. The van der Waals surface area contributed by atoms with Crippen molar-refractivity contribution in [1.29, 1.82) is 0 Å². The number of fused-ring (bicyclic) bond motifs is 3. The van der Waals surface area contributed by atoms with E-state index in [1.165, 1.54) is 4.90 Å². The molecule has 2 aromatic rings. The number of amides is 1. The molecule has 7 heteroatoms. The van der Waals surface area contributed by atoms with Gasteiger partial charge in [-0.05, 0) is 32.8 Å². The van der Waals surface area contributed by atoms with Crippen LogP contribution in [0.25, 0.3) is 0 Å². The lowest BCUT2D eigenvalue weighted by Crippen LogP contribution is -2.64. The molecule has 0 bridgehead atoms. The van der Waals surface area contributed by atoms with Gasteiger partial charge in [0.25, 0.3) is 0 Å². The number of aliphatic imine (C=N–C) groups is 1. The van der Waals surface area contributed by atoms with Crippen molar-refractivity contribution in [3.05, 3.63) is 71.3 Å². The summed E-state index contributed by atoms with van der Waals surface area (Å²) < 4.78 is 47.5. The fourth-order valence-corrected chi connectivity index (χ4v) is 5.12. The van der Waals surface area contributed by atoms with Gasteiger partial charge in [0.2, 0.25) is 0 Å². The Balaban J connectivity index is 1.87. The fourth-order valence-electron chi connectivity index (χ4n) is 5.12. The van der Waals surface area contributed by atoms with Crippen LogP contribution >= 0.6 is 0 Å². The lowest BCUT2D eigenvalue weighted by Gasteiger charge is -2.55. The number of benzene rings is 2. The molecule has 0 aliphatic carbocycles. The van der Waals surface area contributed by atoms with Crippen LogP contribution in [0.4, 0.5) is 18.0 Å². The highest BCUT2D eigenvalue weighted by Gasteiger charge is 2.60. The van der Waals surface area contributed by atoms with Crippen LogP contribution in [-0.4, -0.2) is 47.1 Å². The predicted octanol–water partition coefficient (Wildman–Crippen LogP) is 6.13. The van der Waals surface area contributed by atoms with Gasteiger partial charge >= 0.3 is 12.3 Å². The molecule has 1 amide bonds. The Morgan fingerprint density at radius 1 is 1.06 bits per heavy atom. The summed E-state index contributed by atoms with van der Waals surface area (Å²) in [5.41, 5.74) is -0.231. The highest BCUT2D eigenvalue weighted by Crippen LogP contribution is 2.53. The minimum absolute atomic E-state index is 0.0902. The molecule has 1 saturated heterocycles. The quantitative estimate of drug-likeness (QED) is 0.544. The van der Waals surface area contributed by atoms with Crippen LogP contribution in [0.15, 0.2) is 59.6 Å². The van der Waals surface area contributed by atoms with Gasteiger partial charge in [0, 0.05) is 29.6 Å². The third kappa shape index (κ3) is 4.37. The van der Waals surface area contributed by atoms with Gasteiger partial charge in [-0.1, -0.05) is 61.5 Å². The number of hydrogen-bond donors (Lipinski definition) is 0. The number of hydrogen-bond acceptors (Lipinski definition) is 3. The molecular weight excluding hydrogens is 429 g/mol. The predicted molar refractivity (Wildman–Crippen MR) is 122 cm³/mol. The number of likely N-dealkylation sites (tertiary alicyclic amines) is 1. The molecule has 176 valence electrons. The maximum atomic E-state index is 14.0. The van der Waals surface area contributed by atoms with Gasteiger partial charge in [-0.3, -0.25) is 4.99 Å². The van der Waals surface area contributed by atoms with Crippen molar-refractivity contribution in [2.75, 3.05) is 13.1 Å². The van der Waals surface area contributed by atoms with E-state index in [0.29, 0.717) is 5.71 Å². The molecule has 0 spiro atoms. The van der Waals surface area contributed by atoms with Gasteiger partial charge in [-0.15, -0.1) is 0 Å². The summed E-state index contributed by atoms with van der Waals surface area (Å²) in [6, 6.07) is 16.8. The summed E-state index contributed by atoms with van der Waals surface area (Å²) in [6.07, 6.45) is -5.89. The van der Waals surface area contributed by atoms with Gasteiger partial charge in [-0.2, -0.15) is 13.2 Å². The van der Waals surface area contributed by atoms with Crippen LogP contribution in [0.5, 0.6) is 0 Å². The minimum atomic E-state index is -4.41. The topological polar surface area (TPSA) is 41.9 Å². The van der Waals surface area contributed by atoms with E-state index in [0.717, 1.165) is 16.7 Å². The second kappa shape index (κ2) is 7.89. The monoisotopic (exact) mass is 458 g/mol. The molecule has 2 aliphatic rings. The van der Waals surface area contributed by atoms with Crippen LogP contribution in [0, 0.1) is 0 Å². The van der Waals surface area contributed by atoms with Gasteiger partial charge in [0.1, 0.15) is 5.60 Å². The first-order valence-electron chi connectivity index (χ1n) is 11.1. The third-order valence-corrected chi connectivity index (χ3v) is 6.62. The highest BCUT2D eigenvalue weighted by molar-refractivity contribution is 6.15. The van der Waals surface area contributed by atoms with E-state index in [9.17, 15) is 18.0 Å². The van der Waals surface area contributed by atoms with E-state index in [4.69, 9.17) is 9.73 Å². The Bertz CT molecular complexity index is 1070. The molecule has 0 saturated carbocycles. The Labute approximate surface area is 192 Å². The van der Waals surface area contributed by atoms with E-state index in [2.05, 4.69) is 0 Å². The normalized spacial score (nSPS) is 25.1. The van der Waals surface area contributed by atoms with Gasteiger partial charge in [-0.25, -0.2) is 4.79 Å². The van der Waals surface area contributed by atoms with Crippen molar-refractivity contribution < 1.29 is 22.7 Å². The lowest BCUT2D eigenvalue weighted by molar-refractivity contribution is -0.158. The molecule has 0 aromatic heterocycles. The van der Waals surface area contributed by atoms with Crippen molar-refractivity contribution in [2.24, 2.45) is 4.99 Å². The molecule has 1 fully saturated rings. The largest absolute Gasteiger partial charge is 0.444 e. The summed E-state index contributed by atoms with van der Waals surface area (Å²) >= 11 is 0. The summed E-state index contributed by atoms with van der Waals surface area (Å²) in [7, 11) is 0. The van der Waals surface area contributed by atoms with Gasteiger partial charge in [0.05, 0.1) is 17.7 Å². The average molecular weight is 459 g/mol. The maximum Gasteiger partial charge on any atom is 0.410 e. The van der Waals surface area contributed by atoms with E-state index in [-0.39, 0.29) is 19.5 Å². The maximum absolute atomic E-state index is 14.0. The summed E-state index contributed by atoms with van der Waals surface area (Å²) in [4.78, 5) is 19.3. The van der Waals surface area contributed by atoms with Crippen molar-refractivity contribution in [3.8, 4) is 0 Å². The number of carbonyl (C=O) groups excluding carboxylic acids is 1. The second-order valence-corrected chi connectivity index (χ2v) is 10.2. The molecule has 2 heterocycles. The number of nitrogens with zero attached hydrogens (tertiary/aromatic N) is 2. The van der Waals surface area contributed by atoms with E-state index < -0.39 is 35.2 Å². The molecule has 2 aliphatic heterocycles. The Morgan fingerprint density at radius 3 is 2.33 bits per heavy atom. The summed E-state index contributed by atoms with van der Waals surface area (Å²) in [6.45, 7) is 7.37.